The summed E-state index contributed by atoms with van der Waals surface area (Å²) in [5.41, 5.74) is 0.443. The van der Waals surface area contributed by atoms with Gasteiger partial charge >= 0.3 is 0 Å². The Labute approximate surface area is 116 Å². The number of nitrogens with one attached hydrogen (secondary N) is 2. The third kappa shape index (κ3) is 2.62. The molecule has 2 aromatic rings. The predicted molar refractivity (Wildman–Crippen MR) is 70.0 cm³/mol. The number of hydrogen-bond donors (Lipinski definition) is 2. The van der Waals surface area contributed by atoms with Crippen LogP contribution in [0.15, 0.2) is 22.9 Å². The van der Waals surface area contributed by atoms with Gasteiger partial charge < -0.3 is 10.1 Å². The number of aromatic nitrogens is 3. The number of benzene rings is 1. The Kier molecular flexibility index (Phi) is 3.83. The number of aromatic amines is 1. The zero-order valence-corrected chi connectivity index (χ0v) is 11.5. The number of rotatable bonds is 3. The largest absolute Gasteiger partial charge is 0.493 e. The summed E-state index contributed by atoms with van der Waals surface area (Å²) < 4.78 is 5.83. The molecule has 0 aliphatic heterocycles. The van der Waals surface area contributed by atoms with Crippen molar-refractivity contribution in [2.24, 2.45) is 0 Å². The van der Waals surface area contributed by atoms with E-state index in [4.69, 9.17) is 16.3 Å². The van der Waals surface area contributed by atoms with Crippen molar-refractivity contribution >= 4 is 39.1 Å². The number of methoxy groups -OCH3 is 1. The van der Waals surface area contributed by atoms with Crippen molar-refractivity contribution in [2.75, 3.05) is 12.4 Å². The van der Waals surface area contributed by atoms with E-state index in [1.165, 1.54) is 13.4 Å². The summed E-state index contributed by atoms with van der Waals surface area (Å²) in [7, 11) is 1.50. The van der Waals surface area contributed by atoms with E-state index < -0.39 is 5.91 Å². The lowest BCUT2D eigenvalue weighted by Gasteiger charge is -2.11. The van der Waals surface area contributed by atoms with Crippen LogP contribution in [0.2, 0.25) is 5.02 Å². The highest BCUT2D eigenvalue weighted by Crippen LogP contribution is 2.36. The molecule has 94 valence electrons. The number of H-pyrrole nitrogens is 1. The van der Waals surface area contributed by atoms with E-state index in [9.17, 15) is 4.79 Å². The molecule has 0 atom stereocenters. The molecule has 0 unspecified atom stereocenters. The van der Waals surface area contributed by atoms with Crippen LogP contribution in [-0.2, 0) is 0 Å². The maximum atomic E-state index is 11.8. The summed E-state index contributed by atoms with van der Waals surface area (Å²) in [6, 6.07) is 3.25. The standard InChI is InChI=1S/C10H8BrClN4O2/c1-18-8-6(11)2-5(12)3-7(8)15-10(17)9-13-4-14-16-9/h2-4H,1H3,(H,15,17)(H,13,14,16). The molecule has 0 radical (unpaired) electrons. The SMILES string of the molecule is COc1c(Br)cc(Cl)cc1NC(=O)c1ncn[nH]1. The van der Waals surface area contributed by atoms with Crippen molar-refractivity contribution in [3.63, 3.8) is 0 Å². The van der Waals surface area contributed by atoms with Crippen LogP contribution in [0.4, 0.5) is 5.69 Å². The fourth-order valence-corrected chi connectivity index (χ4v) is 2.33. The predicted octanol–water partition coefficient (Wildman–Crippen LogP) is 2.48. The molecule has 0 bridgehead atoms. The Bertz CT molecular complexity index is 574. The van der Waals surface area contributed by atoms with Gasteiger partial charge in [0.1, 0.15) is 6.33 Å². The number of nitrogens with zero attached hydrogens (tertiary/aromatic N) is 2. The summed E-state index contributed by atoms with van der Waals surface area (Å²) in [5.74, 6) is 0.153. The van der Waals surface area contributed by atoms with Gasteiger partial charge in [-0.3, -0.25) is 9.89 Å². The van der Waals surface area contributed by atoms with Crippen molar-refractivity contribution in [1.82, 2.24) is 15.2 Å². The van der Waals surface area contributed by atoms with E-state index in [-0.39, 0.29) is 5.82 Å². The second-order valence-electron chi connectivity index (χ2n) is 3.26. The minimum Gasteiger partial charge on any atom is -0.493 e. The molecule has 8 heteroatoms. The van der Waals surface area contributed by atoms with Gasteiger partial charge in [-0.1, -0.05) is 11.6 Å². The van der Waals surface area contributed by atoms with Gasteiger partial charge in [0.2, 0.25) is 5.82 Å². The Morgan fingerprint density at radius 3 is 2.94 bits per heavy atom. The maximum absolute atomic E-state index is 11.8. The number of halogens is 2. The van der Waals surface area contributed by atoms with Crippen LogP contribution >= 0.6 is 27.5 Å². The number of hydrogen-bond acceptors (Lipinski definition) is 4. The van der Waals surface area contributed by atoms with Crippen LogP contribution in [-0.4, -0.2) is 28.2 Å². The van der Waals surface area contributed by atoms with Crippen molar-refractivity contribution in [3.8, 4) is 5.75 Å². The minimum absolute atomic E-state index is 0.105. The van der Waals surface area contributed by atoms with Gasteiger partial charge in [-0.25, -0.2) is 4.98 Å². The highest BCUT2D eigenvalue weighted by molar-refractivity contribution is 9.10. The number of carbonyl (C=O) groups is 1. The van der Waals surface area contributed by atoms with Crippen LogP contribution in [0.5, 0.6) is 5.75 Å². The number of anilines is 1. The molecule has 0 fully saturated rings. The second kappa shape index (κ2) is 5.36. The lowest BCUT2D eigenvalue weighted by atomic mass is 10.3. The fraction of sp³-hybridized carbons (Fsp3) is 0.100. The van der Waals surface area contributed by atoms with Gasteiger partial charge in [0.15, 0.2) is 5.75 Å². The molecular weight excluding hydrogens is 323 g/mol. The molecule has 1 amide bonds. The smallest absolute Gasteiger partial charge is 0.293 e. The Hall–Kier alpha value is -1.60. The molecule has 1 aromatic heterocycles. The zero-order valence-electron chi connectivity index (χ0n) is 9.20. The third-order valence-corrected chi connectivity index (χ3v) is 2.90. The Morgan fingerprint density at radius 1 is 1.56 bits per heavy atom. The lowest BCUT2D eigenvalue weighted by Crippen LogP contribution is -2.14. The summed E-state index contributed by atoms with van der Waals surface area (Å²) in [6.45, 7) is 0. The van der Waals surface area contributed by atoms with Crippen LogP contribution in [0.25, 0.3) is 0 Å². The summed E-state index contributed by atoms with van der Waals surface area (Å²) in [6.07, 6.45) is 1.25. The zero-order chi connectivity index (χ0) is 13.1. The first-order chi connectivity index (χ1) is 8.61. The Balaban J connectivity index is 2.31. The molecule has 0 aliphatic rings. The van der Waals surface area contributed by atoms with E-state index in [1.807, 2.05) is 0 Å². The quantitative estimate of drug-likeness (QED) is 0.905. The van der Waals surface area contributed by atoms with Gasteiger partial charge in [-0.2, -0.15) is 5.10 Å². The molecule has 6 nitrogen and oxygen atoms in total. The van der Waals surface area contributed by atoms with E-state index in [1.54, 1.807) is 12.1 Å². The number of amides is 1. The van der Waals surface area contributed by atoms with E-state index in [2.05, 4.69) is 36.4 Å². The third-order valence-electron chi connectivity index (χ3n) is 2.09. The molecule has 0 aliphatic carbocycles. The average Bonchev–Trinajstić information content (AvgIpc) is 2.81. The fourth-order valence-electron chi connectivity index (χ4n) is 1.36. The van der Waals surface area contributed by atoms with E-state index in [0.29, 0.717) is 20.9 Å². The average molecular weight is 332 g/mol. The van der Waals surface area contributed by atoms with Crippen molar-refractivity contribution in [1.29, 1.82) is 0 Å². The van der Waals surface area contributed by atoms with Gasteiger partial charge in [-0.15, -0.1) is 0 Å². The molecule has 1 aromatic carbocycles. The van der Waals surface area contributed by atoms with Crippen LogP contribution < -0.4 is 10.1 Å². The van der Waals surface area contributed by atoms with Gasteiger partial charge in [0.25, 0.3) is 5.91 Å². The molecule has 0 saturated heterocycles. The lowest BCUT2D eigenvalue weighted by molar-refractivity contribution is 0.101. The highest BCUT2D eigenvalue weighted by atomic mass is 79.9. The van der Waals surface area contributed by atoms with Crippen LogP contribution in [0.1, 0.15) is 10.6 Å². The topological polar surface area (TPSA) is 79.9 Å². The molecule has 0 saturated carbocycles. The number of carbonyl (C=O) groups excluding carboxylic acids is 1. The van der Waals surface area contributed by atoms with E-state index >= 15 is 0 Å². The first-order valence-corrected chi connectivity index (χ1v) is 5.98. The molecule has 2 N–H and O–H groups in total. The molecule has 2 rings (SSSR count). The summed E-state index contributed by atoms with van der Waals surface area (Å²) >= 11 is 9.22. The van der Waals surface area contributed by atoms with Crippen molar-refractivity contribution in [3.05, 3.63) is 33.8 Å². The maximum Gasteiger partial charge on any atom is 0.293 e. The van der Waals surface area contributed by atoms with Gasteiger partial charge in [0, 0.05) is 5.02 Å². The minimum atomic E-state index is -0.431. The molecule has 1 heterocycles. The number of ether oxygens (including phenoxy) is 1. The monoisotopic (exact) mass is 330 g/mol. The summed E-state index contributed by atoms with van der Waals surface area (Å²) in [5, 5.41) is 9.17. The second-order valence-corrected chi connectivity index (χ2v) is 4.55. The summed E-state index contributed by atoms with van der Waals surface area (Å²) in [4.78, 5) is 15.6. The van der Waals surface area contributed by atoms with E-state index in [0.717, 1.165) is 0 Å². The van der Waals surface area contributed by atoms with Crippen LogP contribution in [0, 0.1) is 0 Å². The van der Waals surface area contributed by atoms with Crippen molar-refractivity contribution in [2.45, 2.75) is 0 Å². The van der Waals surface area contributed by atoms with Gasteiger partial charge in [0.05, 0.1) is 17.3 Å². The van der Waals surface area contributed by atoms with Gasteiger partial charge in [-0.05, 0) is 28.1 Å². The Morgan fingerprint density at radius 2 is 2.33 bits per heavy atom. The molecular formula is C10H8BrClN4O2. The van der Waals surface area contributed by atoms with Crippen molar-refractivity contribution < 1.29 is 9.53 Å². The first kappa shape index (κ1) is 12.8. The normalized spacial score (nSPS) is 10.2. The molecule has 18 heavy (non-hydrogen) atoms. The highest BCUT2D eigenvalue weighted by Gasteiger charge is 2.15. The molecule has 0 spiro atoms. The first-order valence-electron chi connectivity index (χ1n) is 4.81. The van der Waals surface area contributed by atoms with Crippen LogP contribution in [0.3, 0.4) is 0 Å².